The molecule has 2 aliphatic rings. The van der Waals surface area contributed by atoms with Crippen molar-refractivity contribution >= 4 is 33.6 Å². The van der Waals surface area contributed by atoms with E-state index in [2.05, 4.69) is 26.0 Å². The summed E-state index contributed by atoms with van der Waals surface area (Å²) in [6.45, 7) is 1.61. The standard InChI is InChI=1S/C16H19BrN2O5/c1-22-15(21)18-6-7-19-12-10-11(17)2-3-13(12)24-16(14(19)20)4-8-23-9-5-16/h2-3,10H,4-9H2,1H3,(H,18,21). The second-order valence-electron chi connectivity index (χ2n) is 5.70. The molecule has 1 saturated heterocycles. The molecule has 0 aromatic heterocycles. The van der Waals surface area contributed by atoms with Crippen LogP contribution in [0.4, 0.5) is 10.5 Å². The summed E-state index contributed by atoms with van der Waals surface area (Å²) < 4.78 is 16.9. The Bertz CT molecular complexity index is 645. The largest absolute Gasteiger partial charge is 0.475 e. The Kier molecular flexibility index (Phi) is 4.96. The van der Waals surface area contributed by atoms with Gasteiger partial charge < -0.3 is 24.4 Å². The van der Waals surface area contributed by atoms with E-state index in [4.69, 9.17) is 9.47 Å². The average Bonchev–Trinajstić information content (AvgIpc) is 2.59. The molecule has 130 valence electrons. The SMILES string of the molecule is COC(=O)NCCN1C(=O)C2(CCOCC2)Oc2ccc(Br)cc21. The fourth-order valence-electron chi connectivity index (χ4n) is 2.98. The Hall–Kier alpha value is -1.80. The van der Waals surface area contributed by atoms with Gasteiger partial charge in [-0.05, 0) is 18.2 Å². The van der Waals surface area contributed by atoms with Gasteiger partial charge in [0.1, 0.15) is 5.75 Å². The highest BCUT2D eigenvalue weighted by atomic mass is 79.9. The van der Waals surface area contributed by atoms with Crippen LogP contribution in [0.1, 0.15) is 12.8 Å². The van der Waals surface area contributed by atoms with E-state index in [0.29, 0.717) is 44.0 Å². The van der Waals surface area contributed by atoms with Gasteiger partial charge in [0.15, 0.2) is 5.60 Å². The maximum Gasteiger partial charge on any atom is 0.406 e. The molecule has 0 atom stereocenters. The van der Waals surface area contributed by atoms with Gasteiger partial charge in [0, 0.05) is 30.4 Å². The number of nitrogens with one attached hydrogen (secondary N) is 1. The lowest BCUT2D eigenvalue weighted by Crippen LogP contribution is -2.59. The summed E-state index contributed by atoms with van der Waals surface area (Å²) in [4.78, 5) is 26.0. The minimum Gasteiger partial charge on any atom is -0.475 e. The van der Waals surface area contributed by atoms with Gasteiger partial charge in [-0.25, -0.2) is 4.79 Å². The Morgan fingerprint density at radius 3 is 2.88 bits per heavy atom. The molecule has 8 heteroatoms. The van der Waals surface area contributed by atoms with Gasteiger partial charge in [-0.3, -0.25) is 4.79 Å². The first-order valence-corrected chi connectivity index (χ1v) is 8.55. The molecule has 0 bridgehead atoms. The van der Waals surface area contributed by atoms with Crippen LogP contribution in [0.25, 0.3) is 0 Å². The first kappa shape index (κ1) is 17.0. The molecular weight excluding hydrogens is 380 g/mol. The number of amides is 2. The van der Waals surface area contributed by atoms with Crippen molar-refractivity contribution < 1.29 is 23.8 Å². The molecule has 24 heavy (non-hydrogen) atoms. The highest BCUT2D eigenvalue weighted by molar-refractivity contribution is 9.10. The normalized spacial score (nSPS) is 18.8. The van der Waals surface area contributed by atoms with E-state index >= 15 is 0 Å². The first-order chi connectivity index (χ1) is 11.6. The van der Waals surface area contributed by atoms with Crippen molar-refractivity contribution in [2.75, 3.05) is 38.3 Å². The fourth-order valence-corrected chi connectivity index (χ4v) is 3.33. The van der Waals surface area contributed by atoms with Crippen LogP contribution >= 0.6 is 15.9 Å². The third-order valence-electron chi connectivity index (χ3n) is 4.24. The van der Waals surface area contributed by atoms with Crippen molar-refractivity contribution in [1.29, 1.82) is 0 Å². The number of halogens is 1. The summed E-state index contributed by atoms with van der Waals surface area (Å²) in [6.07, 6.45) is 0.510. The molecular formula is C16H19BrN2O5. The molecule has 0 unspecified atom stereocenters. The number of hydrogen-bond acceptors (Lipinski definition) is 5. The molecule has 2 amide bonds. The molecule has 1 spiro atoms. The maximum absolute atomic E-state index is 13.1. The highest BCUT2D eigenvalue weighted by Crippen LogP contribution is 2.42. The lowest BCUT2D eigenvalue weighted by Gasteiger charge is -2.44. The summed E-state index contributed by atoms with van der Waals surface area (Å²) in [5.41, 5.74) is -0.192. The molecule has 0 radical (unpaired) electrons. The van der Waals surface area contributed by atoms with Gasteiger partial charge in [-0.1, -0.05) is 15.9 Å². The van der Waals surface area contributed by atoms with Crippen molar-refractivity contribution in [1.82, 2.24) is 5.32 Å². The number of rotatable bonds is 3. The van der Waals surface area contributed by atoms with E-state index in [1.807, 2.05) is 18.2 Å². The monoisotopic (exact) mass is 398 g/mol. The zero-order valence-corrected chi connectivity index (χ0v) is 14.9. The Morgan fingerprint density at radius 2 is 2.17 bits per heavy atom. The van der Waals surface area contributed by atoms with Crippen LogP contribution in [0.3, 0.4) is 0 Å². The van der Waals surface area contributed by atoms with Crippen LogP contribution in [0.5, 0.6) is 5.75 Å². The smallest absolute Gasteiger partial charge is 0.406 e. The van der Waals surface area contributed by atoms with Gasteiger partial charge in [0.2, 0.25) is 0 Å². The van der Waals surface area contributed by atoms with E-state index < -0.39 is 11.7 Å². The zero-order valence-electron chi connectivity index (χ0n) is 13.3. The summed E-state index contributed by atoms with van der Waals surface area (Å²) in [7, 11) is 1.30. The van der Waals surface area contributed by atoms with Crippen LogP contribution in [0, 0.1) is 0 Å². The van der Waals surface area contributed by atoms with Gasteiger partial charge in [-0.2, -0.15) is 0 Å². The van der Waals surface area contributed by atoms with Crippen molar-refractivity contribution in [3.8, 4) is 5.75 Å². The molecule has 3 rings (SSSR count). The number of alkyl carbamates (subject to hydrolysis) is 1. The maximum atomic E-state index is 13.1. The van der Waals surface area contributed by atoms with E-state index in [9.17, 15) is 9.59 Å². The van der Waals surface area contributed by atoms with Crippen LogP contribution < -0.4 is 15.0 Å². The number of carbonyl (C=O) groups is 2. The second kappa shape index (κ2) is 6.98. The summed E-state index contributed by atoms with van der Waals surface area (Å²) in [5, 5.41) is 2.60. The van der Waals surface area contributed by atoms with Crippen molar-refractivity contribution in [3.05, 3.63) is 22.7 Å². The van der Waals surface area contributed by atoms with Crippen LogP contribution in [-0.4, -0.2) is 51.0 Å². The highest BCUT2D eigenvalue weighted by Gasteiger charge is 2.49. The number of nitrogens with zero attached hydrogens (tertiary/aromatic N) is 1. The minimum absolute atomic E-state index is 0.0944. The molecule has 1 aromatic carbocycles. The lowest BCUT2D eigenvalue weighted by atomic mass is 9.90. The van der Waals surface area contributed by atoms with Crippen molar-refractivity contribution in [2.24, 2.45) is 0 Å². The number of carbonyl (C=O) groups excluding carboxylic acids is 2. The van der Waals surface area contributed by atoms with Gasteiger partial charge in [0.05, 0.1) is 26.0 Å². The molecule has 2 aliphatic heterocycles. The molecule has 2 heterocycles. The number of fused-ring (bicyclic) bond motifs is 1. The van der Waals surface area contributed by atoms with E-state index in [-0.39, 0.29) is 12.5 Å². The molecule has 1 fully saturated rings. The third kappa shape index (κ3) is 3.21. The van der Waals surface area contributed by atoms with Gasteiger partial charge >= 0.3 is 6.09 Å². The summed E-state index contributed by atoms with van der Waals surface area (Å²) >= 11 is 3.42. The van der Waals surface area contributed by atoms with E-state index in [1.165, 1.54) is 7.11 Å². The number of hydrogen-bond donors (Lipinski definition) is 1. The number of ether oxygens (including phenoxy) is 3. The predicted molar refractivity (Wildman–Crippen MR) is 90.3 cm³/mol. The molecule has 0 aliphatic carbocycles. The summed E-state index contributed by atoms with van der Waals surface area (Å²) in [6, 6.07) is 5.58. The van der Waals surface area contributed by atoms with Crippen molar-refractivity contribution in [3.63, 3.8) is 0 Å². The minimum atomic E-state index is -0.885. The third-order valence-corrected chi connectivity index (χ3v) is 4.74. The number of anilines is 1. The van der Waals surface area contributed by atoms with Gasteiger partial charge in [-0.15, -0.1) is 0 Å². The Morgan fingerprint density at radius 1 is 1.42 bits per heavy atom. The Balaban J connectivity index is 1.87. The molecule has 1 N–H and O–H groups in total. The first-order valence-electron chi connectivity index (χ1n) is 7.76. The summed E-state index contributed by atoms with van der Waals surface area (Å²) in [5.74, 6) is 0.570. The molecule has 7 nitrogen and oxygen atoms in total. The number of methoxy groups -OCH3 is 1. The van der Waals surface area contributed by atoms with Crippen LogP contribution in [-0.2, 0) is 14.3 Å². The second-order valence-corrected chi connectivity index (χ2v) is 6.61. The molecule has 1 aromatic rings. The van der Waals surface area contributed by atoms with Gasteiger partial charge in [0.25, 0.3) is 5.91 Å². The quantitative estimate of drug-likeness (QED) is 0.843. The average molecular weight is 399 g/mol. The topological polar surface area (TPSA) is 77.1 Å². The van der Waals surface area contributed by atoms with Crippen molar-refractivity contribution in [2.45, 2.75) is 18.4 Å². The van der Waals surface area contributed by atoms with Crippen LogP contribution in [0.15, 0.2) is 22.7 Å². The van der Waals surface area contributed by atoms with E-state index in [0.717, 1.165) is 4.47 Å². The predicted octanol–water partition coefficient (Wildman–Crippen LogP) is 2.08. The zero-order chi connectivity index (χ0) is 17.2. The molecule has 0 saturated carbocycles. The fraction of sp³-hybridized carbons (Fsp3) is 0.500. The Labute approximate surface area is 148 Å². The number of benzene rings is 1. The van der Waals surface area contributed by atoms with E-state index in [1.54, 1.807) is 4.90 Å². The van der Waals surface area contributed by atoms with Crippen LogP contribution in [0.2, 0.25) is 0 Å². The lowest BCUT2D eigenvalue weighted by molar-refractivity contribution is -0.144.